The lowest BCUT2D eigenvalue weighted by Gasteiger charge is -2.26. The third-order valence-corrected chi connectivity index (χ3v) is 4.46. The van der Waals surface area contributed by atoms with Gasteiger partial charge in [-0.05, 0) is 23.6 Å². The van der Waals surface area contributed by atoms with Crippen molar-refractivity contribution in [3.05, 3.63) is 54.5 Å². The Hall–Kier alpha value is -2.93. The first-order valence-corrected chi connectivity index (χ1v) is 8.75. The predicted octanol–water partition coefficient (Wildman–Crippen LogP) is 1.58. The standard InChI is InChI=1S/C19H21N5O2/c25-18(14-24-8-6-15-3-1-2-4-17(15)24)21-13-16-5-7-20-19(22-16)23-9-11-26-12-10-23/h1-8H,9-14H2,(H,21,25). The highest BCUT2D eigenvalue weighted by Gasteiger charge is 2.14. The molecule has 2 aromatic heterocycles. The molecule has 0 unspecified atom stereocenters. The molecule has 7 heteroatoms. The Bertz CT molecular complexity index is 902. The number of carbonyl (C=O) groups is 1. The number of fused-ring (bicyclic) bond motifs is 1. The zero-order chi connectivity index (χ0) is 17.8. The van der Waals surface area contributed by atoms with E-state index in [4.69, 9.17) is 4.74 Å². The molecule has 3 aromatic rings. The molecule has 0 aliphatic carbocycles. The fraction of sp³-hybridized carbons (Fsp3) is 0.316. The summed E-state index contributed by atoms with van der Waals surface area (Å²) in [6.07, 6.45) is 3.67. The van der Waals surface area contributed by atoms with E-state index in [1.807, 2.05) is 47.2 Å². The third-order valence-electron chi connectivity index (χ3n) is 4.46. The van der Waals surface area contributed by atoms with Crippen LogP contribution in [-0.4, -0.2) is 46.7 Å². The maximum atomic E-state index is 12.3. The van der Waals surface area contributed by atoms with Gasteiger partial charge >= 0.3 is 0 Å². The summed E-state index contributed by atoms with van der Waals surface area (Å²) in [7, 11) is 0. The van der Waals surface area contributed by atoms with Gasteiger partial charge in [0.05, 0.1) is 25.5 Å². The monoisotopic (exact) mass is 351 g/mol. The largest absolute Gasteiger partial charge is 0.378 e. The number of aromatic nitrogens is 3. The molecule has 1 amide bonds. The van der Waals surface area contributed by atoms with E-state index >= 15 is 0 Å². The number of morpholine rings is 1. The van der Waals surface area contributed by atoms with Crippen LogP contribution in [0.25, 0.3) is 10.9 Å². The van der Waals surface area contributed by atoms with Crippen LogP contribution in [0.4, 0.5) is 5.95 Å². The molecule has 0 atom stereocenters. The van der Waals surface area contributed by atoms with Crippen LogP contribution in [0, 0.1) is 0 Å². The van der Waals surface area contributed by atoms with E-state index in [2.05, 4.69) is 20.2 Å². The molecule has 0 radical (unpaired) electrons. The van der Waals surface area contributed by atoms with E-state index in [1.54, 1.807) is 6.20 Å². The lowest BCUT2D eigenvalue weighted by atomic mass is 10.2. The minimum Gasteiger partial charge on any atom is -0.378 e. The number of carbonyl (C=O) groups excluding carboxylic acids is 1. The van der Waals surface area contributed by atoms with E-state index in [0.717, 1.165) is 29.7 Å². The van der Waals surface area contributed by atoms with Crippen LogP contribution in [0.3, 0.4) is 0 Å². The molecule has 1 saturated heterocycles. The normalized spacial score (nSPS) is 14.5. The Labute approximate surface area is 151 Å². The van der Waals surface area contributed by atoms with Crippen molar-refractivity contribution < 1.29 is 9.53 Å². The van der Waals surface area contributed by atoms with Gasteiger partial charge in [0.15, 0.2) is 0 Å². The number of nitrogens with one attached hydrogen (secondary N) is 1. The minimum absolute atomic E-state index is 0.0436. The van der Waals surface area contributed by atoms with Crippen molar-refractivity contribution in [3.63, 3.8) is 0 Å². The van der Waals surface area contributed by atoms with Gasteiger partial charge in [-0.1, -0.05) is 18.2 Å². The zero-order valence-corrected chi connectivity index (χ0v) is 14.5. The molecule has 0 bridgehead atoms. The van der Waals surface area contributed by atoms with Gasteiger partial charge in [-0.2, -0.15) is 0 Å². The third kappa shape index (κ3) is 3.67. The van der Waals surface area contributed by atoms with Crippen LogP contribution in [0.15, 0.2) is 48.8 Å². The summed E-state index contributed by atoms with van der Waals surface area (Å²) in [6.45, 7) is 3.63. The molecule has 1 aliphatic heterocycles. The van der Waals surface area contributed by atoms with E-state index in [9.17, 15) is 4.79 Å². The van der Waals surface area contributed by atoms with E-state index in [1.165, 1.54) is 0 Å². The fourth-order valence-corrected chi connectivity index (χ4v) is 3.08. The average Bonchev–Trinajstić information content (AvgIpc) is 3.10. The number of ether oxygens (including phenoxy) is 1. The Balaban J connectivity index is 1.37. The van der Waals surface area contributed by atoms with Crippen molar-refractivity contribution >= 4 is 22.8 Å². The number of para-hydroxylation sites is 1. The predicted molar refractivity (Wildman–Crippen MR) is 98.8 cm³/mol. The van der Waals surface area contributed by atoms with Gasteiger partial charge in [-0.15, -0.1) is 0 Å². The van der Waals surface area contributed by atoms with Crippen molar-refractivity contribution in [2.24, 2.45) is 0 Å². The summed E-state index contributed by atoms with van der Waals surface area (Å²) in [5, 5.41) is 4.07. The van der Waals surface area contributed by atoms with Crippen LogP contribution in [0.5, 0.6) is 0 Å². The van der Waals surface area contributed by atoms with E-state index < -0.39 is 0 Å². The molecule has 134 valence electrons. The molecule has 1 aliphatic rings. The molecule has 1 aromatic carbocycles. The SMILES string of the molecule is O=C(Cn1ccc2ccccc21)NCc1ccnc(N2CCOCC2)n1. The van der Waals surface area contributed by atoms with Crippen molar-refractivity contribution in [2.45, 2.75) is 13.1 Å². The van der Waals surface area contributed by atoms with Crippen LogP contribution in [0.2, 0.25) is 0 Å². The summed E-state index contributed by atoms with van der Waals surface area (Å²) in [6, 6.07) is 11.9. The number of rotatable bonds is 5. The molecular formula is C19H21N5O2. The number of hydrogen-bond acceptors (Lipinski definition) is 5. The lowest BCUT2D eigenvalue weighted by Crippen LogP contribution is -2.37. The smallest absolute Gasteiger partial charge is 0.240 e. The Morgan fingerprint density at radius 1 is 1.15 bits per heavy atom. The quantitative estimate of drug-likeness (QED) is 0.756. The van der Waals surface area contributed by atoms with Gasteiger partial charge in [0, 0.05) is 31.0 Å². The van der Waals surface area contributed by atoms with Crippen LogP contribution in [-0.2, 0) is 22.6 Å². The Morgan fingerprint density at radius 3 is 2.88 bits per heavy atom. The van der Waals surface area contributed by atoms with Crippen molar-refractivity contribution in [2.75, 3.05) is 31.2 Å². The average molecular weight is 351 g/mol. The minimum atomic E-state index is -0.0436. The second-order valence-electron chi connectivity index (χ2n) is 6.23. The summed E-state index contributed by atoms with van der Waals surface area (Å²) in [4.78, 5) is 23.3. The van der Waals surface area contributed by atoms with Gasteiger partial charge in [0.1, 0.15) is 6.54 Å². The Kier molecular flexibility index (Phi) is 4.79. The molecule has 3 heterocycles. The molecule has 1 N–H and O–H groups in total. The van der Waals surface area contributed by atoms with Crippen LogP contribution >= 0.6 is 0 Å². The number of benzene rings is 1. The Morgan fingerprint density at radius 2 is 2.00 bits per heavy atom. The summed E-state index contributed by atoms with van der Waals surface area (Å²) < 4.78 is 7.30. The molecule has 7 nitrogen and oxygen atoms in total. The van der Waals surface area contributed by atoms with Crippen molar-refractivity contribution in [1.82, 2.24) is 19.9 Å². The fourth-order valence-electron chi connectivity index (χ4n) is 3.08. The zero-order valence-electron chi connectivity index (χ0n) is 14.5. The summed E-state index contributed by atoms with van der Waals surface area (Å²) in [5.41, 5.74) is 1.85. The molecular weight excluding hydrogens is 330 g/mol. The first-order chi connectivity index (χ1) is 12.8. The highest BCUT2D eigenvalue weighted by Crippen LogP contribution is 2.14. The highest BCUT2D eigenvalue weighted by atomic mass is 16.5. The summed E-state index contributed by atoms with van der Waals surface area (Å²) in [5.74, 6) is 0.648. The van der Waals surface area contributed by atoms with Gasteiger partial charge in [0.2, 0.25) is 11.9 Å². The molecule has 4 rings (SSSR count). The first kappa shape index (κ1) is 16.5. The van der Waals surface area contributed by atoms with Gasteiger partial charge < -0.3 is 19.5 Å². The van der Waals surface area contributed by atoms with Crippen LogP contribution in [0.1, 0.15) is 5.69 Å². The summed E-state index contributed by atoms with van der Waals surface area (Å²) >= 11 is 0. The van der Waals surface area contributed by atoms with Crippen LogP contribution < -0.4 is 10.2 Å². The molecule has 1 fully saturated rings. The van der Waals surface area contributed by atoms with Gasteiger partial charge in [-0.25, -0.2) is 9.97 Å². The number of hydrogen-bond donors (Lipinski definition) is 1. The molecule has 0 spiro atoms. The lowest BCUT2D eigenvalue weighted by molar-refractivity contribution is -0.121. The van der Waals surface area contributed by atoms with Crippen molar-refractivity contribution in [1.29, 1.82) is 0 Å². The second kappa shape index (κ2) is 7.53. The van der Waals surface area contributed by atoms with E-state index in [-0.39, 0.29) is 12.5 Å². The maximum absolute atomic E-state index is 12.3. The number of nitrogens with zero attached hydrogens (tertiary/aromatic N) is 4. The second-order valence-corrected chi connectivity index (χ2v) is 6.23. The number of anilines is 1. The number of amides is 1. The van der Waals surface area contributed by atoms with Crippen molar-refractivity contribution in [3.8, 4) is 0 Å². The van der Waals surface area contributed by atoms with Gasteiger partial charge in [-0.3, -0.25) is 4.79 Å². The molecule has 0 saturated carbocycles. The first-order valence-electron chi connectivity index (χ1n) is 8.75. The van der Waals surface area contributed by atoms with E-state index in [0.29, 0.717) is 25.7 Å². The molecule has 26 heavy (non-hydrogen) atoms. The highest BCUT2D eigenvalue weighted by molar-refractivity contribution is 5.83. The topological polar surface area (TPSA) is 72.3 Å². The van der Waals surface area contributed by atoms with Gasteiger partial charge in [0.25, 0.3) is 0 Å². The maximum Gasteiger partial charge on any atom is 0.240 e.